The third kappa shape index (κ3) is 5.33. The number of carbonyl (C=O) groups excluding carboxylic acids is 1. The van der Waals surface area contributed by atoms with Gasteiger partial charge in [0, 0.05) is 17.4 Å². The van der Waals surface area contributed by atoms with Gasteiger partial charge < -0.3 is 15.4 Å². The number of ether oxygens (including phenoxy) is 1. The number of pyridine rings is 1. The third-order valence-corrected chi connectivity index (χ3v) is 4.17. The van der Waals surface area contributed by atoms with E-state index in [4.69, 9.17) is 4.74 Å². The SMILES string of the molecule is CC(C)Oc1ccc(Nc2cc(C(=O)NC(C)c3ccccc3)ccn2)cc1. The molecule has 2 aromatic carbocycles. The second-order valence-corrected chi connectivity index (χ2v) is 6.85. The highest BCUT2D eigenvalue weighted by Crippen LogP contribution is 2.20. The molecule has 1 atom stereocenters. The zero-order chi connectivity index (χ0) is 19.9. The molecule has 3 rings (SSSR count). The predicted molar refractivity (Wildman–Crippen MR) is 112 cm³/mol. The smallest absolute Gasteiger partial charge is 0.251 e. The lowest BCUT2D eigenvalue weighted by Gasteiger charge is -2.15. The molecule has 5 heteroatoms. The van der Waals surface area contributed by atoms with Crippen molar-refractivity contribution in [1.82, 2.24) is 10.3 Å². The number of aromatic nitrogens is 1. The van der Waals surface area contributed by atoms with Crippen LogP contribution in [0.4, 0.5) is 11.5 Å². The molecule has 5 nitrogen and oxygen atoms in total. The lowest BCUT2D eigenvalue weighted by atomic mass is 10.1. The summed E-state index contributed by atoms with van der Waals surface area (Å²) >= 11 is 0. The molecule has 1 heterocycles. The fraction of sp³-hybridized carbons (Fsp3) is 0.217. The molecule has 1 aromatic heterocycles. The Morgan fingerprint density at radius 2 is 1.68 bits per heavy atom. The van der Waals surface area contributed by atoms with Crippen molar-refractivity contribution in [2.24, 2.45) is 0 Å². The van der Waals surface area contributed by atoms with Crippen molar-refractivity contribution in [3.05, 3.63) is 84.1 Å². The van der Waals surface area contributed by atoms with E-state index >= 15 is 0 Å². The highest BCUT2D eigenvalue weighted by molar-refractivity contribution is 5.95. The molecule has 1 amide bonds. The summed E-state index contributed by atoms with van der Waals surface area (Å²) in [6, 6.07) is 20.9. The largest absolute Gasteiger partial charge is 0.491 e. The van der Waals surface area contributed by atoms with Crippen molar-refractivity contribution < 1.29 is 9.53 Å². The summed E-state index contributed by atoms with van der Waals surface area (Å²) in [5.74, 6) is 1.29. The highest BCUT2D eigenvalue weighted by atomic mass is 16.5. The van der Waals surface area contributed by atoms with Gasteiger partial charge in [0.2, 0.25) is 0 Å². The maximum Gasteiger partial charge on any atom is 0.251 e. The van der Waals surface area contributed by atoms with Gasteiger partial charge >= 0.3 is 0 Å². The first-order chi connectivity index (χ1) is 13.5. The summed E-state index contributed by atoms with van der Waals surface area (Å²) < 4.78 is 5.65. The van der Waals surface area contributed by atoms with E-state index in [1.807, 2.05) is 75.4 Å². The molecule has 1 unspecified atom stereocenters. The van der Waals surface area contributed by atoms with E-state index in [2.05, 4.69) is 15.6 Å². The summed E-state index contributed by atoms with van der Waals surface area (Å²) in [4.78, 5) is 16.9. The molecule has 0 aliphatic carbocycles. The Labute approximate surface area is 165 Å². The van der Waals surface area contributed by atoms with Gasteiger partial charge in [-0.2, -0.15) is 0 Å². The van der Waals surface area contributed by atoms with Gasteiger partial charge in [0.25, 0.3) is 5.91 Å². The van der Waals surface area contributed by atoms with Crippen LogP contribution in [0, 0.1) is 0 Å². The first kappa shape index (κ1) is 19.4. The quantitative estimate of drug-likeness (QED) is 0.603. The summed E-state index contributed by atoms with van der Waals surface area (Å²) in [5, 5.41) is 6.24. The topological polar surface area (TPSA) is 63.2 Å². The van der Waals surface area contributed by atoms with Gasteiger partial charge in [0.1, 0.15) is 11.6 Å². The summed E-state index contributed by atoms with van der Waals surface area (Å²) in [7, 11) is 0. The van der Waals surface area contributed by atoms with Crippen LogP contribution >= 0.6 is 0 Å². The average Bonchev–Trinajstić information content (AvgIpc) is 2.70. The Morgan fingerprint density at radius 1 is 0.964 bits per heavy atom. The molecule has 0 fully saturated rings. The summed E-state index contributed by atoms with van der Waals surface area (Å²) in [6.07, 6.45) is 1.76. The highest BCUT2D eigenvalue weighted by Gasteiger charge is 2.12. The number of nitrogens with one attached hydrogen (secondary N) is 2. The molecule has 0 saturated heterocycles. The third-order valence-electron chi connectivity index (χ3n) is 4.17. The molecule has 0 aliphatic heterocycles. The number of rotatable bonds is 7. The van der Waals surface area contributed by atoms with Gasteiger partial charge in [0.05, 0.1) is 12.1 Å². The number of anilines is 2. The minimum absolute atomic E-state index is 0.0771. The lowest BCUT2D eigenvalue weighted by Crippen LogP contribution is -2.26. The van der Waals surface area contributed by atoms with E-state index in [1.165, 1.54) is 0 Å². The molecular formula is C23H25N3O2. The van der Waals surface area contributed by atoms with Gasteiger partial charge in [-0.3, -0.25) is 4.79 Å². The fourth-order valence-electron chi connectivity index (χ4n) is 2.78. The Bertz CT molecular complexity index is 909. The molecule has 3 aromatic rings. The zero-order valence-corrected chi connectivity index (χ0v) is 16.3. The maximum absolute atomic E-state index is 12.6. The Morgan fingerprint density at radius 3 is 2.36 bits per heavy atom. The number of amides is 1. The van der Waals surface area contributed by atoms with Crippen LogP contribution in [-0.4, -0.2) is 17.0 Å². The molecule has 0 bridgehead atoms. The van der Waals surface area contributed by atoms with Gasteiger partial charge in [-0.1, -0.05) is 30.3 Å². The number of nitrogens with zero attached hydrogens (tertiary/aromatic N) is 1. The van der Waals surface area contributed by atoms with Crippen LogP contribution in [0.15, 0.2) is 72.9 Å². The van der Waals surface area contributed by atoms with Crippen LogP contribution in [0.5, 0.6) is 5.75 Å². The maximum atomic E-state index is 12.6. The van der Waals surface area contributed by atoms with E-state index < -0.39 is 0 Å². The van der Waals surface area contributed by atoms with Crippen molar-refractivity contribution in [2.75, 3.05) is 5.32 Å². The number of carbonyl (C=O) groups is 1. The van der Waals surface area contributed by atoms with E-state index in [9.17, 15) is 4.79 Å². The second-order valence-electron chi connectivity index (χ2n) is 6.85. The van der Waals surface area contributed by atoms with Gasteiger partial charge in [-0.05, 0) is 62.7 Å². The molecule has 2 N–H and O–H groups in total. The standard InChI is InChI=1S/C23H25N3O2/c1-16(2)28-21-11-9-20(10-12-21)26-22-15-19(13-14-24-22)23(27)25-17(3)18-7-5-4-6-8-18/h4-17H,1-3H3,(H,24,26)(H,25,27). The predicted octanol–water partition coefficient (Wildman–Crippen LogP) is 5.10. The second kappa shape index (κ2) is 9.04. The minimum atomic E-state index is -0.137. The Kier molecular flexibility index (Phi) is 6.27. The van der Waals surface area contributed by atoms with Crippen molar-refractivity contribution in [1.29, 1.82) is 0 Å². The fourth-order valence-corrected chi connectivity index (χ4v) is 2.78. The van der Waals surface area contributed by atoms with Crippen molar-refractivity contribution >= 4 is 17.4 Å². The van der Waals surface area contributed by atoms with Crippen LogP contribution < -0.4 is 15.4 Å². The van der Waals surface area contributed by atoms with Gasteiger partial charge in [-0.25, -0.2) is 4.98 Å². The molecule has 144 valence electrons. The van der Waals surface area contributed by atoms with Crippen LogP contribution in [0.2, 0.25) is 0 Å². The lowest BCUT2D eigenvalue weighted by molar-refractivity contribution is 0.0940. The van der Waals surface area contributed by atoms with E-state index in [0.29, 0.717) is 11.4 Å². The van der Waals surface area contributed by atoms with Gasteiger partial charge in [0.15, 0.2) is 0 Å². The first-order valence-electron chi connectivity index (χ1n) is 9.37. The Balaban J connectivity index is 1.65. The molecule has 0 saturated carbocycles. The molecule has 0 radical (unpaired) electrons. The van der Waals surface area contributed by atoms with Crippen LogP contribution in [0.25, 0.3) is 0 Å². The van der Waals surface area contributed by atoms with E-state index in [1.54, 1.807) is 18.3 Å². The van der Waals surface area contributed by atoms with Crippen LogP contribution in [0.1, 0.15) is 42.7 Å². The number of hydrogen-bond donors (Lipinski definition) is 2. The molecule has 0 aliphatic rings. The van der Waals surface area contributed by atoms with Crippen molar-refractivity contribution in [3.63, 3.8) is 0 Å². The molecular weight excluding hydrogens is 350 g/mol. The normalized spacial score (nSPS) is 11.7. The average molecular weight is 375 g/mol. The van der Waals surface area contributed by atoms with Gasteiger partial charge in [-0.15, -0.1) is 0 Å². The summed E-state index contributed by atoms with van der Waals surface area (Å²) in [6.45, 7) is 5.95. The van der Waals surface area contributed by atoms with Crippen molar-refractivity contribution in [2.45, 2.75) is 32.9 Å². The van der Waals surface area contributed by atoms with Crippen LogP contribution in [-0.2, 0) is 0 Å². The number of hydrogen-bond acceptors (Lipinski definition) is 4. The molecule has 28 heavy (non-hydrogen) atoms. The minimum Gasteiger partial charge on any atom is -0.491 e. The summed E-state index contributed by atoms with van der Waals surface area (Å²) in [5.41, 5.74) is 2.49. The number of benzene rings is 2. The van der Waals surface area contributed by atoms with E-state index in [-0.39, 0.29) is 18.1 Å². The van der Waals surface area contributed by atoms with Crippen molar-refractivity contribution in [3.8, 4) is 5.75 Å². The molecule has 0 spiro atoms. The monoisotopic (exact) mass is 375 g/mol. The van der Waals surface area contributed by atoms with Crippen LogP contribution in [0.3, 0.4) is 0 Å². The Hall–Kier alpha value is -3.34. The van der Waals surface area contributed by atoms with E-state index in [0.717, 1.165) is 17.0 Å². The zero-order valence-electron chi connectivity index (χ0n) is 16.3. The first-order valence-corrected chi connectivity index (χ1v) is 9.37.